The van der Waals surface area contributed by atoms with E-state index in [-0.39, 0.29) is 6.61 Å². The second-order valence-electron chi connectivity index (χ2n) is 4.06. The minimum absolute atomic E-state index is 0.167. The molecule has 0 bridgehead atoms. The third-order valence-electron chi connectivity index (χ3n) is 2.76. The van der Waals surface area contributed by atoms with Gasteiger partial charge in [0.25, 0.3) is 0 Å². The normalized spacial score (nSPS) is 9.67. The molecule has 5 nitrogen and oxygen atoms in total. The molecule has 0 saturated heterocycles. The number of rotatable bonds is 4. The average Bonchev–Trinajstić information content (AvgIpc) is 2.91. The van der Waals surface area contributed by atoms with Crippen LogP contribution in [0.5, 0.6) is 5.88 Å². The molecule has 1 aromatic heterocycles. The molecular formula is C15H14N2O3S. The van der Waals surface area contributed by atoms with Gasteiger partial charge < -0.3 is 9.47 Å². The average molecular weight is 302 g/mol. The van der Waals surface area contributed by atoms with Crippen LogP contribution in [0.4, 0.5) is 0 Å². The van der Waals surface area contributed by atoms with Gasteiger partial charge in [-0.05, 0) is 31.9 Å². The fourth-order valence-corrected chi connectivity index (χ4v) is 1.97. The zero-order valence-corrected chi connectivity index (χ0v) is 12.6. The van der Waals surface area contributed by atoms with Crippen LogP contribution in [0.2, 0.25) is 0 Å². The zero-order valence-electron chi connectivity index (χ0n) is 11.7. The van der Waals surface area contributed by atoms with Crippen molar-refractivity contribution in [2.24, 2.45) is 0 Å². The largest absolute Gasteiger partial charge is 0.472 e. The van der Waals surface area contributed by atoms with Crippen LogP contribution in [0.1, 0.15) is 28.4 Å². The predicted molar refractivity (Wildman–Crippen MR) is 81.3 cm³/mol. The highest BCUT2D eigenvalue weighted by atomic mass is 32.1. The molecule has 6 heteroatoms. The summed E-state index contributed by atoms with van der Waals surface area (Å²) in [6.45, 7) is 1.90. The Kier molecular flexibility index (Phi) is 4.90. The summed E-state index contributed by atoms with van der Waals surface area (Å²) in [5.74, 6) is 5.77. The van der Waals surface area contributed by atoms with E-state index in [0.29, 0.717) is 17.0 Å². The lowest BCUT2D eigenvalue weighted by atomic mass is 10.0. The molecule has 0 N–H and O–H groups in total. The molecule has 1 heterocycles. The molecule has 0 saturated carbocycles. The van der Waals surface area contributed by atoms with Gasteiger partial charge in [0.15, 0.2) is 0 Å². The van der Waals surface area contributed by atoms with E-state index in [1.54, 1.807) is 31.3 Å². The van der Waals surface area contributed by atoms with Gasteiger partial charge in [-0.15, -0.1) is 11.0 Å². The number of nitrogens with zero attached hydrogens (tertiary/aromatic N) is 2. The van der Waals surface area contributed by atoms with E-state index in [9.17, 15) is 4.79 Å². The first kappa shape index (κ1) is 15.0. The predicted octanol–water partition coefficient (Wildman–Crippen LogP) is 2.31. The van der Waals surface area contributed by atoms with Crippen molar-refractivity contribution < 1.29 is 14.3 Å². The van der Waals surface area contributed by atoms with E-state index in [2.05, 4.69) is 29.8 Å². The lowest BCUT2D eigenvalue weighted by Crippen LogP contribution is -2.10. The van der Waals surface area contributed by atoms with Crippen LogP contribution in [-0.4, -0.2) is 22.3 Å². The van der Waals surface area contributed by atoms with Crippen molar-refractivity contribution in [1.82, 2.24) is 9.19 Å². The van der Waals surface area contributed by atoms with Crippen molar-refractivity contribution in [3.63, 3.8) is 0 Å². The summed E-state index contributed by atoms with van der Waals surface area (Å²) >= 11 is 4.04. The summed E-state index contributed by atoms with van der Waals surface area (Å²) in [5, 5.41) is 4.00. The smallest absolute Gasteiger partial charge is 0.338 e. The highest BCUT2D eigenvalue weighted by Gasteiger charge is 2.15. The summed E-state index contributed by atoms with van der Waals surface area (Å²) < 4.78 is 11.7. The van der Waals surface area contributed by atoms with Gasteiger partial charge in [0.2, 0.25) is 5.88 Å². The van der Waals surface area contributed by atoms with Gasteiger partial charge in [-0.3, -0.25) is 0 Å². The SMILES string of the molecule is CC#Cc1cccc(C(=O)OC)c1COc1ccn(S)n1. The fraction of sp³-hybridized carbons (Fsp3) is 0.200. The number of thiol groups is 1. The van der Waals surface area contributed by atoms with E-state index in [1.165, 1.54) is 11.2 Å². The van der Waals surface area contributed by atoms with Crippen LogP contribution in [0.15, 0.2) is 30.5 Å². The lowest BCUT2D eigenvalue weighted by molar-refractivity contribution is 0.0597. The Balaban J connectivity index is 2.33. The Morgan fingerprint density at radius 3 is 2.86 bits per heavy atom. The molecule has 21 heavy (non-hydrogen) atoms. The minimum atomic E-state index is -0.423. The van der Waals surface area contributed by atoms with Gasteiger partial charge in [0.1, 0.15) is 6.61 Å². The number of methoxy groups -OCH3 is 1. The molecule has 0 aliphatic heterocycles. The molecule has 0 amide bonds. The second-order valence-corrected chi connectivity index (χ2v) is 4.47. The summed E-state index contributed by atoms with van der Waals surface area (Å²) in [6, 6.07) is 6.96. The quantitative estimate of drug-likeness (QED) is 0.535. The molecule has 0 aliphatic carbocycles. The third kappa shape index (κ3) is 3.58. The number of hydrogen-bond acceptors (Lipinski definition) is 5. The van der Waals surface area contributed by atoms with Gasteiger partial charge in [0, 0.05) is 23.4 Å². The molecule has 0 atom stereocenters. The minimum Gasteiger partial charge on any atom is -0.472 e. The summed E-state index contributed by atoms with van der Waals surface area (Å²) in [4.78, 5) is 11.8. The molecule has 0 spiro atoms. The number of ether oxygens (including phenoxy) is 2. The highest BCUT2D eigenvalue weighted by Crippen LogP contribution is 2.18. The van der Waals surface area contributed by atoms with Gasteiger partial charge in [-0.25, -0.2) is 8.88 Å². The molecule has 108 valence electrons. The maximum Gasteiger partial charge on any atom is 0.338 e. The highest BCUT2D eigenvalue weighted by molar-refractivity contribution is 7.78. The van der Waals surface area contributed by atoms with Crippen LogP contribution in [-0.2, 0) is 11.3 Å². The maximum absolute atomic E-state index is 11.8. The first-order valence-electron chi connectivity index (χ1n) is 6.16. The van der Waals surface area contributed by atoms with Crippen molar-refractivity contribution in [3.05, 3.63) is 47.2 Å². The van der Waals surface area contributed by atoms with Crippen molar-refractivity contribution in [2.75, 3.05) is 7.11 Å². The van der Waals surface area contributed by atoms with Gasteiger partial charge in [0.05, 0.1) is 12.7 Å². The maximum atomic E-state index is 11.8. The second kappa shape index (κ2) is 6.86. The molecule has 2 rings (SSSR count). The fourth-order valence-electron chi connectivity index (χ4n) is 1.82. The third-order valence-corrected chi connectivity index (χ3v) is 2.98. The van der Waals surface area contributed by atoms with Crippen LogP contribution in [0.25, 0.3) is 0 Å². The number of hydrogen-bond donors (Lipinski definition) is 1. The molecule has 1 aromatic carbocycles. The van der Waals surface area contributed by atoms with Gasteiger partial charge in [-0.1, -0.05) is 12.0 Å². The van der Waals surface area contributed by atoms with Crippen LogP contribution in [0.3, 0.4) is 0 Å². The van der Waals surface area contributed by atoms with Gasteiger partial charge in [-0.2, -0.15) is 0 Å². The van der Waals surface area contributed by atoms with Crippen molar-refractivity contribution in [2.45, 2.75) is 13.5 Å². The lowest BCUT2D eigenvalue weighted by Gasteiger charge is -2.10. The zero-order chi connectivity index (χ0) is 15.2. The van der Waals surface area contributed by atoms with E-state index in [1.807, 2.05) is 6.07 Å². The van der Waals surface area contributed by atoms with Crippen molar-refractivity contribution in [1.29, 1.82) is 0 Å². The first-order valence-corrected chi connectivity index (χ1v) is 6.56. The van der Waals surface area contributed by atoms with Crippen molar-refractivity contribution >= 4 is 18.8 Å². The standard InChI is InChI=1S/C15H14N2O3S/c1-3-5-11-6-4-7-12(15(18)19-2)13(11)10-20-14-8-9-17(21)16-14/h4,6-9,21H,10H2,1-2H3. The number of aromatic nitrogens is 2. The van der Waals surface area contributed by atoms with E-state index < -0.39 is 5.97 Å². The first-order chi connectivity index (χ1) is 10.2. The number of benzene rings is 1. The molecular weight excluding hydrogens is 288 g/mol. The summed E-state index contributed by atoms with van der Waals surface area (Å²) in [5.41, 5.74) is 1.83. The Labute approximate surface area is 128 Å². The van der Waals surface area contributed by atoms with E-state index in [4.69, 9.17) is 9.47 Å². The molecule has 0 aliphatic rings. The molecule has 2 aromatic rings. The number of carbonyl (C=O) groups is 1. The van der Waals surface area contributed by atoms with Crippen molar-refractivity contribution in [3.8, 4) is 17.7 Å². The van der Waals surface area contributed by atoms with E-state index in [0.717, 1.165) is 5.56 Å². The molecule has 0 radical (unpaired) electrons. The number of carbonyl (C=O) groups excluding carboxylic acids is 1. The number of esters is 1. The summed E-state index contributed by atoms with van der Waals surface area (Å²) in [7, 11) is 1.34. The Morgan fingerprint density at radius 2 is 2.24 bits per heavy atom. The Hall–Kier alpha value is -2.39. The Morgan fingerprint density at radius 1 is 1.43 bits per heavy atom. The topological polar surface area (TPSA) is 53.4 Å². The Bertz CT molecular complexity index is 713. The van der Waals surface area contributed by atoms with E-state index >= 15 is 0 Å². The van der Waals surface area contributed by atoms with Gasteiger partial charge >= 0.3 is 5.97 Å². The summed E-state index contributed by atoms with van der Waals surface area (Å²) in [6.07, 6.45) is 1.65. The van der Waals surface area contributed by atoms with Crippen LogP contribution >= 0.6 is 12.8 Å². The molecule has 0 unspecified atom stereocenters. The molecule has 0 fully saturated rings. The van der Waals surface area contributed by atoms with Crippen LogP contribution < -0.4 is 4.74 Å². The monoisotopic (exact) mass is 302 g/mol. The van der Waals surface area contributed by atoms with Crippen LogP contribution in [0, 0.1) is 11.8 Å².